The molecule has 0 nitrogen and oxygen atoms in total. The molecule has 0 saturated carbocycles. The third kappa shape index (κ3) is 14.6. The van der Waals surface area contributed by atoms with Crippen molar-refractivity contribution >= 4 is 37.1 Å². The molecule has 4 aromatic rings. The summed E-state index contributed by atoms with van der Waals surface area (Å²) < 4.78 is 0. The van der Waals surface area contributed by atoms with E-state index in [1.165, 1.54) is 21.2 Å². The van der Waals surface area contributed by atoms with Crippen LogP contribution >= 0.6 is 15.8 Å². The van der Waals surface area contributed by atoms with Crippen molar-refractivity contribution in [2.45, 2.75) is 38.0 Å². The normalized spacial score (nSPS) is 10.8. The molecule has 2 unspecified atom stereocenters. The van der Waals surface area contributed by atoms with Crippen LogP contribution in [0.3, 0.4) is 0 Å². The Morgan fingerprint density at radius 2 is 0.600 bits per heavy atom. The Bertz CT molecular complexity index is 911. The van der Waals surface area contributed by atoms with E-state index in [2.05, 4.69) is 149 Å². The van der Waals surface area contributed by atoms with Gasteiger partial charge >= 0.3 is 40.8 Å². The van der Waals surface area contributed by atoms with E-state index in [9.17, 15) is 0 Å². The summed E-state index contributed by atoms with van der Waals surface area (Å²) in [5.74, 6) is 0. The van der Waals surface area contributed by atoms with Crippen molar-refractivity contribution in [2.24, 2.45) is 0 Å². The second-order valence-corrected chi connectivity index (χ2v) is 13.2. The van der Waals surface area contributed by atoms with Crippen LogP contribution in [0.1, 0.15) is 26.7 Å². The van der Waals surface area contributed by atoms with Gasteiger partial charge in [0, 0.05) is 0 Å². The van der Waals surface area contributed by atoms with Crippen molar-refractivity contribution in [3.8, 4) is 0 Å². The Morgan fingerprint density at radius 1 is 0.425 bits per heavy atom. The summed E-state index contributed by atoms with van der Waals surface area (Å²) in [6, 6.07) is 43.1. The largest absolute Gasteiger partial charge is 2.00 e. The second-order valence-electron chi connectivity index (χ2n) is 8.21. The summed E-state index contributed by atoms with van der Waals surface area (Å²) in [6.07, 6.45) is 2.24. The molecule has 0 N–H and O–H groups in total. The third-order valence-electron chi connectivity index (χ3n) is 5.81. The Balaban J connectivity index is -0.000000282. The predicted octanol–water partition coefficient (Wildman–Crippen LogP) is -4.53. The number of hydrogen-bond donors (Lipinski definition) is 0. The molecule has 0 spiro atoms. The first-order chi connectivity index (χ1) is 16.7. The van der Waals surface area contributed by atoms with Gasteiger partial charge in [-0.05, 0) is 21.2 Å². The maximum Gasteiger partial charge on any atom is 2.00 e. The molecule has 4 rings (SSSR count). The van der Waals surface area contributed by atoms with Crippen LogP contribution in [-0.4, -0.2) is 11.3 Å². The van der Waals surface area contributed by atoms with E-state index in [0.29, 0.717) is 11.3 Å². The number of rotatable bonds is 8. The van der Waals surface area contributed by atoms with E-state index in [-0.39, 0.29) is 106 Å². The molecule has 8 heteroatoms. The summed E-state index contributed by atoms with van der Waals surface area (Å²) in [5, 5.41) is 5.71. The van der Waals surface area contributed by atoms with Gasteiger partial charge in [-0.25, -0.2) is 0 Å². The van der Waals surface area contributed by atoms with Gasteiger partial charge in [0.25, 0.3) is 0 Å². The van der Waals surface area contributed by atoms with Crippen molar-refractivity contribution in [1.82, 2.24) is 0 Å². The van der Waals surface area contributed by atoms with Crippen LogP contribution in [0, 0.1) is 13.8 Å². The van der Waals surface area contributed by atoms with Gasteiger partial charge < -0.3 is 63.5 Å². The Kier molecular flexibility index (Phi) is 31.6. The van der Waals surface area contributed by atoms with Crippen molar-refractivity contribution in [3.63, 3.8) is 0 Å². The Hall–Kier alpha value is 0.225. The minimum absolute atomic E-state index is 0. The zero-order valence-electron chi connectivity index (χ0n) is 22.6. The molecule has 40 heavy (non-hydrogen) atoms. The van der Waals surface area contributed by atoms with Gasteiger partial charge in [-0.3, -0.25) is 0 Å². The van der Waals surface area contributed by atoms with E-state index >= 15 is 0 Å². The fourth-order valence-corrected chi connectivity index (χ4v) is 8.85. The quantitative estimate of drug-likeness (QED) is 0.0956. The van der Waals surface area contributed by atoms with E-state index < -0.39 is 0 Å². The van der Waals surface area contributed by atoms with Crippen LogP contribution in [0.4, 0.5) is 0 Å². The van der Waals surface area contributed by atoms with Gasteiger partial charge in [-0.2, -0.15) is 0 Å². The maximum absolute atomic E-state index is 4.34. The minimum atomic E-state index is -0.323. The van der Waals surface area contributed by atoms with Crippen LogP contribution < -0.4 is 70.8 Å². The topological polar surface area (TPSA) is 0 Å². The molecule has 0 aliphatic rings. The molecule has 0 amide bonds. The van der Waals surface area contributed by atoms with Crippen LogP contribution in [-0.2, 0) is 40.8 Å². The number of halogens is 4. The van der Waals surface area contributed by atoms with Crippen LogP contribution in [0.2, 0.25) is 0 Å². The molecule has 0 aliphatic heterocycles. The average Bonchev–Trinajstić information content (AvgIpc) is 2.91. The first-order valence-corrected chi connectivity index (χ1v) is 14.9. The second kappa shape index (κ2) is 26.8. The molecule has 0 bridgehead atoms. The van der Waals surface area contributed by atoms with Crippen LogP contribution in [0.15, 0.2) is 121 Å². The molecule has 4 aromatic carbocycles. The molecular weight excluding hydrogens is 801 g/mol. The van der Waals surface area contributed by atoms with E-state index in [1.807, 2.05) is 0 Å². The van der Waals surface area contributed by atoms with Crippen molar-refractivity contribution < 1.29 is 90.5 Å². The Labute approximate surface area is 298 Å². The Morgan fingerprint density at radius 3 is 0.750 bits per heavy atom. The van der Waals surface area contributed by atoms with Crippen molar-refractivity contribution in [1.29, 1.82) is 0 Å². The van der Waals surface area contributed by atoms with Crippen molar-refractivity contribution in [3.05, 3.63) is 135 Å². The third-order valence-corrected chi connectivity index (χ3v) is 11.4. The van der Waals surface area contributed by atoms with Gasteiger partial charge in [0.05, 0.1) is 0 Å². The van der Waals surface area contributed by atoms with Crippen molar-refractivity contribution in [2.75, 3.05) is 0 Å². The zero-order valence-corrected chi connectivity index (χ0v) is 30.5. The molecule has 224 valence electrons. The van der Waals surface area contributed by atoms with E-state index in [1.54, 1.807) is 0 Å². The average molecular weight is 837 g/mol. The summed E-state index contributed by atoms with van der Waals surface area (Å²) in [5.41, 5.74) is 0.963. The van der Waals surface area contributed by atoms with Gasteiger partial charge in [-0.15, -0.1) is 11.3 Å². The number of hydrogen-bond acceptors (Lipinski definition) is 0. The van der Waals surface area contributed by atoms with Gasteiger partial charge in [0.1, 0.15) is 0 Å². The molecule has 0 heterocycles. The number of benzene rings is 4. The summed E-state index contributed by atoms with van der Waals surface area (Å²) in [7, 11) is -0.647. The van der Waals surface area contributed by atoms with E-state index in [0.717, 1.165) is 12.8 Å². The van der Waals surface area contributed by atoms with Gasteiger partial charge in [0.15, 0.2) is 0 Å². The first kappa shape index (κ1) is 47.2. The standard InChI is InChI=1S/2C16H18P.4ClH.2Pd/c2*1-3-14(2)17(15-10-6-4-7-11-15)16-12-8-5-9-13-16;;;;;;/h2*4-14H,2-3H2,1H3;4*1H;;/q2*-1;;;;;2*+2/p-4. The molecule has 0 saturated heterocycles. The minimum Gasteiger partial charge on any atom is -1.00 e. The fourth-order valence-electron chi connectivity index (χ4n) is 3.86. The first-order valence-electron chi connectivity index (χ1n) is 12.1. The van der Waals surface area contributed by atoms with Gasteiger partial charge in [-0.1, -0.05) is 164 Å². The smallest absolute Gasteiger partial charge is 1.00 e. The predicted molar refractivity (Wildman–Crippen MR) is 157 cm³/mol. The molecule has 2 atom stereocenters. The van der Waals surface area contributed by atoms with Crippen LogP contribution in [0.25, 0.3) is 0 Å². The summed E-state index contributed by atoms with van der Waals surface area (Å²) in [6.45, 7) is 13.1. The molecule has 0 fully saturated rings. The zero-order chi connectivity index (χ0) is 24.2. The van der Waals surface area contributed by atoms with Gasteiger partial charge in [0.2, 0.25) is 0 Å². The SMILES string of the molecule is [CH2-]C(CC)P(c1ccccc1)c1ccccc1.[CH2-]C(CC)P(c1ccccc1)c1ccccc1.[Cl-].[Cl-].[Cl-].[Cl-].[Pd+2].[Pd+2]. The summed E-state index contributed by atoms with van der Waals surface area (Å²) in [4.78, 5) is 0. The maximum atomic E-state index is 4.34. The molecule has 0 aromatic heterocycles. The monoisotopic (exact) mass is 834 g/mol. The fraction of sp³-hybridized carbons (Fsp3) is 0.188. The molecular formula is C32H36Cl4P2Pd2-2. The molecule has 0 aliphatic carbocycles. The van der Waals surface area contributed by atoms with Crippen LogP contribution in [0.5, 0.6) is 0 Å². The van der Waals surface area contributed by atoms with E-state index in [4.69, 9.17) is 0 Å². The molecule has 0 radical (unpaired) electrons. The summed E-state index contributed by atoms with van der Waals surface area (Å²) >= 11 is 0.